The van der Waals surface area contributed by atoms with Crippen LogP contribution in [0, 0.1) is 0 Å². The number of aliphatic carboxylic acids is 3. The third kappa shape index (κ3) is 11.2. The van der Waals surface area contributed by atoms with E-state index in [4.69, 9.17) is 26.8 Å². The normalized spacial score (nSPS) is 13.5. The van der Waals surface area contributed by atoms with Crippen molar-refractivity contribution in [2.24, 2.45) is 16.5 Å². The van der Waals surface area contributed by atoms with Crippen molar-refractivity contribution in [3.8, 4) is 0 Å². The molecule has 2 atom stereocenters. The van der Waals surface area contributed by atoms with E-state index < -0.39 is 30.0 Å². The van der Waals surface area contributed by atoms with Crippen molar-refractivity contribution >= 4 is 35.0 Å². The molecule has 176 valence electrons. The van der Waals surface area contributed by atoms with Gasteiger partial charge in [-0.25, -0.2) is 0 Å². The number of para-hydroxylation sites is 1. The van der Waals surface area contributed by atoms with Crippen LogP contribution in [0.25, 0.3) is 10.9 Å². The van der Waals surface area contributed by atoms with E-state index in [-0.39, 0.29) is 12.8 Å². The average molecular weight is 456 g/mol. The van der Waals surface area contributed by atoms with Crippen LogP contribution in [0.2, 0.25) is 0 Å². The van der Waals surface area contributed by atoms with Crippen LogP contribution in [-0.2, 0) is 20.8 Å². The maximum Gasteiger partial charge on any atom is 0.320 e. The van der Waals surface area contributed by atoms with Gasteiger partial charge in [-0.2, -0.15) is 0 Å². The van der Waals surface area contributed by atoms with Gasteiger partial charge in [-0.1, -0.05) is 36.4 Å². The van der Waals surface area contributed by atoms with E-state index in [9.17, 15) is 14.4 Å². The van der Waals surface area contributed by atoms with Crippen molar-refractivity contribution in [1.82, 2.24) is 4.98 Å². The lowest BCUT2D eigenvalue weighted by Crippen LogP contribution is -2.32. The summed E-state index contributed by atoms with van der Waals surface area (Å²) >= 11 is 0. The van der Waals surface area contributed by atoms with Crippen molar-refractivity contribution in [3.05, 3.63) is 72.6 Å². The molecule has 1 aliphatic rings. The fourth-order valence-corrected chi connectivity index (χ4v) is 2.47. The third-order valence-corrected chi connectivity index (χ3v) is 4.21. The second kappa shape index (κ2) is 14.9. The van der Waals surface area contributed by atoms with Crippen molar-refractivity contribution < 1.29 is 29.7 Å². The molecule has 33 heavy (non-hydrogen) atoms. The molecular weight excluding hydrogens is 428 g/mol. The molecule has 1 aliphatic heterocycles. The smallest absolute Gasteiger partial charge is 0.320 e. The van der Waals surface area contributed by atoms with Gasteiger partial charge in [0.1, 0.15) is 12.1 Å². The van der Waals surface area contributed by atoms with Gasteiger partial charge in [0.05, 0.1) is 0 Å². The third-order valence-electron chi connectivity index (χ3n) is 4.21. The summed E-state index contributed by atoms with van der Waals surface area (Å²) in [6, 6.07) is 5.85. The van der Waals surface area contributed by atoms with E-state index in [1.165, 1.54) is 0 Å². The monoisotopic (exact) mass is 456 g/mol. The summed E-state index contributed by atoms with van der Waals surface area (Å²) in [6.07, 6.45) is 15.0. The van der Waals surface area contributed by atoms with Gasteiger partial charge >= 0.3 is 17.9 Å². The SMILES string of the molecule is C1=CC=CN=CC=C1.NC(CCC(=O)O)C(=O)O.NC(Cc1c[nH]c2ccccc12)C(=O)O. The molecule has 3 rings (SSSR count). The fourth-order valence-electron chi connectivity index (χ4n) is 2.47. The van der Waals surface area contributed by atoms with Crippen LogP contribution in [0.15, 0.2) is 72.0 Å². The van der Waals surface area contributed by atoms with Gasteiger partial charge in [0.15, 0.2) is 0 Å². The van der Waals surface area contributed by atoms with Gasteiger partial charge < -0.3 is 31.8 Å². The minimum Gasteiger partial charge on any atom is -0.481 e. The first kappa shape index (κ1) is 27.0. The van der Waals surface area contributed by atoms with Gasteiger partial charge in [-0.05, 0) is 30.2 Å². The average Bonchev–Trinajstić information content (AvgIpc) is 3.15. The molecule has 1 aromatic carbocycles. The zero-order valence-electron chi connectivity index (χ0n) is 17.9. The first-order valence-electron chi connectivity index (χ1n) is 9.97. The topological polar surface area (TPSA) is 192 Å². The number of carboxylic acids is 3. The molecule has 0 aliphatic carbocycles. The highest BCUT2D eigenvalue weighted by atomic mass is 16.4. The van der Waals surface area contributed by atoms with Gasteiger partial charge in [-0.15, -0.1) is 0 Å². The Balaban J connectivity index is 0.000000264. The number of allylic oxidation sites excluding steroid dienone is 5. The second-order valence-electron chi connectivity index (χ2n) is 6.79. The van der Waals surface area contributed by atoms with Crippen molar-refractivity contribution in [2.45, 2.75) is 31.3 Å². The quantitative estimate of drug-likeness (QED) is 0.364. The maximum atomic E-state index is 10.6. The van der Waals surface area contributed by atoms with Gasteiger partial charge in [0.2, 0.25) is 0 Å². The maximum absolute atomic E-state index is 10.6. The van der Waals surface area contributed by atoms with Crippen molar-refractivity contribution in [2.75, 3.05) is 0 Å². The van der Waals surface area contributed by atoms with Crippen molar-refractivity contribution in [3.63, 3.8) is 0 Å². The van der Waals surface area contributed by atoms with E-state index in [1.807, 2.05) is 60.8 Å². The number of H-pyrrole nitrogens is 1. The van der Waals surface area contributed by atoms with Crippen LogP contribution < -0.4 is 11.5 Å². The molecule has 10 nitrogen and oxygen atoms in total. The number of carbonyl (C=O) groups is 3. The number of carboxylic acid groups (broad SMARTS) is 3. The van der Waals surface area contributed by atoms with Crippen LogP contribution in [0.3, 0.4) is 0 Å². The standard InChI is InChI=1S/C11H12N2O2.C7H7N.C5H9NO4/c12-9(11(14)15)5-7-6-13-10-4-2-1-3-8(7)10;1-2-4-6-8-7-5-3-1;6-3(5(9)10)1-2-4(7)8/h1-4,6,9,13H,5,12H2,(H,14,15);1-7H;3H,1-2,6H2,(H,7,8)(H,9,10). The number of aliphatic imine (C=N–C) groups is 1. The van der Waals surface area contributed by atoms with E-state index in [0.717, 1.165) is 16.5 Å². The Morgan fingerprint density at radius 1 is 0.909 bits per heavy atom. The van der Waals surface area contributed by atoms with Crippen LogP contribution in [0.1, 0.15) is 18.4 Å². The first-order chi connectivity index (χ1) is 15.7. The van der Waals surface area contributed by atoms with E-state index in [0.29, 0.717) is 6.42 Å². The van der Waals surface area contributed by atoms with Gasteiger partial charge in [-0.3, -0.25) is 19.4 Å². The summed E-state index contributed by atoms with van der Waals surface area (Å²) in [5.41, 5.74) is 12.4. The lowest BCUT2D eigenvalue weighted by Gasteiger charge is -2.04. The number of aromatic nitrogens is 1. The number of nitrogens with two attached hydrogens (primary N) is 2. The molecule has 0 bridgehead atoms. The molecule has 10 heteroatoms. The van der Waals surface area contributed by atoms with E-state index in [2.05, 4.69) is 9.98 Å². The number of fused-ring (bicyclic) bond motifs is 1. The second-order valence-corrected chi connectivity index (χ2v) is 6.79. The number of benzene rings is 1. The number of aromatic amines is 1. The Hall–Kier alpha value is -4.02. The van der Waals surface area contributed by atoms with Gasteiger partial charge in [0.25, 0.3) is 0 Å². The molecule has 0 spiro atoms. The molecule has 0 amide bonds. The summed E-state index contributed by atoms with van der Waals surface area (Å²) < 4.78 is 0. The Bertz CT molecular complexity index is 983. The summed E-state index contributed by atoms with van der Waals surface area (Å²) in [5, 5.41) is 26.0. The summed E-state index contributed by atoms with van der Waals surface area (Å²) in [5.74, 6) is -3.17. The molecule has 0 radical (unpaired) electrons. The predicted molar refractivity (Wildman–Crippen MR) is 126 cm³/mol. The molecule has 8 N–H and O–H groups in total. The van der Waals surface area contributed by atoms with E-state index in [1.54, 1.807) is 12.4 Å². The largest absolute Gasteiger partial charge is 0.481 e. The van der Waals surface area contributed by atoms with Crippen LogP contribution in [-0.4, -0.2) is 56.5 Å². The van der Waals surface area contributed by atoms with Gasteiger partial charge in [0, 0.05) is 42.4 Å². The lowest BCUT2D eigenvalue weighted by molar-refractivity contribution is -0.140. The zero-order valence-corrected chi connectivity index (χ0v) is 17.9. The van der Waals surface area contributed by atoms with Crippen molar-refractivity contribution in [1.29, 1.82) is 0 Å². The predicted octanol–water partition coefficient (Wildman–Crippen LogP) is 2.08. The number of nitrogens with zero attached hydrogens (tertiary/aromatic N) is 1. The van der Waals surface area contributed by atoms with E-state index >= 15 is 0 Å². The molecule has 0 fully saturated rings. The van der Waals surface area contributed by atoms with Crippen LogP contribution in [0.5, 0.6) is 0 Å². The summed E-state index contributed by atoms with van der Waals surface area (Å²) in [4.78, 5) is 37.5. The zero-order chi connectivity index (χ0) is 24.6. The highest BCUT2D eigenvalue weighted by Crippen LogP contribution is 2.18. The highest BCUT2D eigenvalue weighted by molar-refractivity contribution is 5.84. The number of hydrogen-bond acceptors (Lipinski definition) is 6. The molecule has 2 heterocycles. The molecule has 0 saturated heterocycles. The summed E-state index contributed by atoms with van der Waals surface area (Å²) in [7, 11) is 0. The van der Waals surface area contributed by atoms with Crippen LogP contribution in [0.4, 0.5) is 0 Å². The Kier molecular flexibility index (Phi) is 12.2. The molecule has 2 unspecified atom stereocenters. The number of hydrogen-bond donors (Lipinski definition) is 6. The Labute approximate surface area is 190 Å². The fraction of sp³-hybridized carbons (Fsp3) is 0.217. The molecular formula is C23H28N4O6. The molecule has 0 saturated carbocycles. The minimum atomic E-state index is -1.17. The number of nitrogens with one attached hydrogen (secondary N) is 1. The highest BCUT2D eigenvalue weighted by Gasteiger charge is 2.14. The lowest BCUT2D eigenvalue weighted by atomic mass is 10.1. The Morgan fingerprint density at radius 2 is 1.55 bits per heavy atom. The first-order valence-corrected chi connectivity index (χ1v) is 9.97. The minimum absolute atomic E-state index is 0.0231. The molecule has 1 aromatic heterocycles. The number of rotatable bonds is 7. The van der Waals surface area contributed by atoms with Crippen LogP contribution >= 0.6 is 0 Å². The molecule has 2 aromatic rings. The Morgan fingerprint density at radius 3 is 2.21 bits per heavy atom. The summed E-state index contributed by atoms with van der Waals surface area (Å²) in [6.45, 7) is 0.